The Balaban J connectivity index is 2.50. The van der Waals surface area contributed by atoms with Crippen LogP contribution in [0, 0.1) is 0 Å². The zero-order chi connectivity index (χ0) is 12.8. The minimum absolute atomic E-state index is 0.0744. The molecule has 1 aliphatic heterocycles. The molecule has 0 aliphatic carbocycles. The Morgan fingerprint density at radius 1 is 1.65 bits per heavy atom. The van der Waals surface area contributed by atoms with E-state index in [0.29, 0.717) is 12.8 Å². The molecule has 5 nitrogen and oxygen atoms in total. The Morgan fingerprint density at radius 3 is 2.88 bits per heavy atom. The first-order chi connectivity index (χ1) is 8.08. The minimum atomic E-state index is -1.07. The smallest absolute Gasteiger partial charge is 0.251 e. The average Bonchev–Trinajstić information content (AvgIpc) is 2.68. The molecule has 2 amide bonds. The Hall–Kier alpha value is -1.43. The lowest BCUT2D eigenvalue weighted by Gasteiger charge is -2.23. The van der Waals surface area contributed by atoms with Crippen molar-refractivity contribution >= 4 is 12.3 Å². The van der Waals surface area contributed by atoms with Gasteiger partial charge in [-0.25, -0.2) is 4.39 Å². The molecule has 1 saturated heterocycles. The third-order valence-corrected chi connectivity index (χ3v) is 2.65. The summed E-state index contributed by atoms with van der Waals surface area (Å²) in [5.74, 6) is -0.549. The van der Waals surface area contributed by atoms with Gasteiger partial charge < -0.3 is 9.64 Å². The van der Waals surface area contributed by atoms with E-state index in [0.717, 1.165) is 12.5 Å². The first kappa shape index (κ1) is 13.6. The van der Waals surface area contributed by atoms with Crippen molar-refractivity contribution in [1.29, 1.82) is 0 Å². The van der Waals surface area contributed by atoms with Gasteiger partial charge in [-0.2, -0.15) is 0 Å². The number of carbonyl (C=O) groups is 2. The van der Waals surface area contributed by atoms with E-state index in [-0.39, 0.29) is 6.10 Å². The Morgan fingerprint density at radius 2 is 2.35 bits per heavy atom. The predicted octanol–water partition coefficient (Wildman–Crippen LogP) is 0.568. The normalized spacial score (nSPS) is 28.3. The molecule has 0 spiro atoms. The van der Waals surface area contributed by atoms with E-state index in [1.807, 2.05) is 12.2 Å². The molecule has 1 aliphatic rings. The van der Waals surface area contributed by atoms with Crippen LogP contribution in [0.5, 0.6) is 0 Å². The number of hydrogen-bond acceptors (Lipinski definition) is 4. The molecule has 0 radical (unpaired) electrons. The number of halogens is 1. The quantitative estimate of drug-likeness (QED) is 0.567. The second-order valence-corrected chi connectivity index (χ2v) is 3.92. The van der Waals surface area contributed by atoms with Crippen molar-refractivity contribution in [1.82, 2.24) is 10.2 Å². The third-order valence-electron chi connectivity index (χ3n) is 2.65. The Kier molecular flexibility index (Phi) is 5.09. The summed E-state index contributed by atoms with van der Waals surface area (Å²) in [6.45, 7) is 1.94. The number of alkyl halides is 1. The molecule has 0 bridgehead atoms. The summed E-state index contributed by atoms with van der Waals surface area (Å²) in [5.41, 5.74) is 0. The topological polar surface area (TPSA) is 58.6 Å². The van der Waals surface area contributed by atoms with E-state index in [2.05, 4.69) is 0 Å². The second-order valence-electron chi connectivity index (χ2n) is 3.92. The standard InChI is InChI=1S/C11H17FN2O3/c1-3-8-6-9(12)11(17-8)14(2)5-4-10(16)13-7-15/h4-5,7-9,11H,3,6H2,1-2H3,(H,13,15,16)/b5-4-. The number of carbonyl (C=O) groups excluding carboxylic acids is 2. The van der Waals surface area contributed by atoms with Crippen LogP contribution < -0.4 is 5.32 Å². The molecule has 0 aromatic heterocycles. The summed E-state index contributed by atoms with van der Waals surface area (Å²) in [7, 11) is 1.62. The fourth-order valence-corrected chi connectivity index (χ4v) is 1.70. The van der Waals surface area contributed by atoms with Gasteiger partial charge >= 0.3 is 0 Å². The lowest BCUT2D eigenvalue weighted by molar-refractivity contribution is -0.121. The van der Waals surface area contributed by atoms with Crippen LogP contribution in [0.1, 0.15) is 19.8 Å². The van der Waals surface area contributed by atoms with Crippen LogP contribution in [0.4, 0.5) is 4.39 Å². The number of ether oxygens (including phenoxy) is 1. The summed E-state index contributed by atoms with van der Waals surface area (Å²) in [6.07, 6.45) is 2.18. The summed E-state index contributed by atoms with van der Waals surface area (Å²) in [6, 6.07) is 0. The van der Waals surface area contributed by atoms with Crippen molar-refractivity contribution in [2.24, 2.45) is 0 Å². The molecule has 6 heteroatoms. The van der Waals surface area contributed by atoms with Crippen LogP contribution in [-0.4, -0.2) is 42.8 Å². The highest BCUT2D eigenvalue weighted by atomic mass is 19.1. The van der Waals surface area contributed by atoms with E-state index in [1.165, 1.54) is 11.1 Å². The van der Waals surface area contributed by atoms with E-state index >= 15 is 0 Å². The van der Waals surface area contributed by atoms with E-state index in [1.54, 1.807) is 7.05 Å². The molecular formula is C11H17FN2O3. The second kappa shape index (κ2) is 6.34. The van der Waals surface area contributed by atoms with Crippen molar-refractivity contribution in [2.75, 3.05) is 7.05 Å². The van der Waals surface area contributed by atoms with Crippen LogP contribution in [-0.2, 0) is 14.3 Å². The molecule has 96 valence electrons. The van der Waals surface area contributed by atoms with Crippen LogP contribution in [0.15, 0.2) is 12.3 Å². The van der Waals surface area contributed by atoms with Crippen molar-refractivity contribution in [3.63, 3.8) is 0 Å². The number of nitrogens with one attached hydrogen (secondary N) is 1. The molecule has 1 rings (SSSR count). The van der Waals surface area contributed by atoms with E-state index in [4.69, 9.17) is 4.74 Å². The van der Waals surface area contributed by atoms with Gasteiger partial charge in [0, 0.05) is 25.7 Å². The number of hydrogen-bond donors (Lipinski definition) is 1. The molecule has 0 saturated carbocycles. The maximum absolute atomic E-state index is 13.6. The molecule has 1 N–H and O–H groups in total. The molecule has 0 aromatic carbocycles. The van der Waals surface area contributed by atoms with Crippen molar-refractivity contribution < 1.29 is 18.7 Å². The van der Waals surface area contributed by atoms with Crippen LogP contribution in [0.3, 0.4) is 0 Å². The largest absolute Gasteiger partial charge is 0.353 e. The Bertz CT molecular complexity index is 309. The molecule has 0 aromatic rings. The van der Waals surface area contributed by atoms with Gasteiger partial charge in [0.05, 0.1) is 6.10 Å². The highest BCUT2D eigenvalue weighted by molar-refractivity contribution is 5.94. The molecule has 17 heavy (non-hydrogen) atoms. The monoisotopic (exact) mass is 244 g/mol. The summed E-state index contributed by atoms with van der Waals surface area (Å²) in [5, 5.41) is 1.96. The first-order valence-electron chi connectivity index (χ1n) is 5.52. The maximum atomic E-state index is 13.6. The molecular weight excluding hydrogens is 227 g/mol. The van der Waals surface area contributed by atoms with Gasteiger partial charge in [-0.1, -0.05) is 6.92 Å². The summed E-state index contributed by atoms with van der Waals surface area (Å²) >= 11 is 0. The molecule has 3 atom stereocenters. The van der Waals surface area contributed by atoms with Crippen LogP contribution >= 0.6 is 0 Å². The lowest BCUT2D eigenvalue weighted by Crippen LogP contribution is -2.34. The van der Waals surface area contributed by atoms with Gasteiger partial charge in [0.15, 0.2) is 6.23 Å². The number of nitrogens with zero attached hydrogens (tertiary/aromatic N) is 1. The summed E-state index contributed by atoms with van der Waals surface area (Å²) in [4.78, 5) is 22.5. The first-order valence-corrected chi connectivity index (χ1v) is 5.52. The number of amides is 2. The van der Waals surface area contributed by atoms with E-state index < -0.39 is 18.3 Å². The maximum Gasteiger partial charge on any atom is 0.251 e. The molecule has 1 fully saturated rings. The minimum Gasteiger partial charge on any atom is -0.353 e. The SMILES string of the molecule is CCC1CC(F)C(N(C)/C=C\C(=O)NC=O)O1. The summed E-state index contributed by atoms with van der Waals surface area (Å²) < 4.78 is 19.1. The van der Waals surface area contributed by atoms with Crippen molar-refractivity contribution in [3.05, 3.63) is 12.3 Å². The number of imide groups is 1. The van der Waals surface area contributed by atoms with Crippen LogP contribution in [0.25, 0.3) is 0 Å². The van der Waals surface area contributed by atoms with Gasteiger partial charge in [-0.15, -0.1) is 0 Å². The van der Waals surface area contributed by atoms with Gasteiger partial charge in [-0.3, -0.25) is 14.9 Å². The fraction of sp³-hybridized carbons (Fsp3) is 0.636. The fourth-order valence-electron chi connectivity index (χ4n) is 1.70. The number of rotatable bonds is 5. The van der Waals surface area contributed by atoms with Crippen LogP contribution in [0.2, 0.25) is 0 Å². The molecule has 3 unspecified atom stereocenters. The highest BCUT2D eigenvalue weighted by Crippen LogP contribution is 2.26. The zero-order valence-corrected chi connectivity index (χ0v) is 9.93. The van der Waals surface area contributed by atoms with E-state index in [9.17, 15) is 14.0 Å². The predicted molar refractivity (Wildman–Crippen MR) is 59.6 cm³/mol. The van der Waals surface area contributed by atoms with Gasteiger partial charge in [0.2, 0.25) is 6.41 Å². The lowest BCUT2D eigenvalue weighted by atomic mass is 10.2. The van der Waals surface area contributed by atoms with Gasteiger partial charge in [0.25, 0.3) is 5.91 Å². The van der Waals surface area contributed by atoms with Crippen molar-refractivity contribution in [2.45, 2.75) is 38.3 Å². The average molecular weight is 244 g/mol. The van der Waals surface area contributed by atoms with Gasteiger partial charge in [0.1, 0.15) is 6.17 Å². The van der Waals surface area contributed by atoms with Crippen molar-refractivity contribution in [3.8, 4) is 0 Å². The van der Waals surface area contributed by atoms with Gasteiger partial charge in [-0.05, 0) is 6.42 Å². The zero-order valence-electron chi connectivity index (χ0n) is 9.93. The molecule has 1 heterocycles. The third kappa shape index (κ3) is 3.81. The highest BCUT2D eigenvalue weighted by Gasteiger charge is 2.36. The Labute approximate surface area is 99.6 Å².